The van der Waals surface area contributed by atoms with Crippen molar-refractivity contribution in [2.24, 2.45) is 5.92 Å². The largest absolute Gasteiger partial charge is 0.493 e. The number of aliphatic hydroxyl groups is 1. The van der Waals surface area contributed by atoms with Gasteiger partial charge < -0.3 is 38.3 Å². The second-order valence-corrected chi connectivity index (χ2v) is 10.5. The van der Waals surface area contributed by atoms with Gasteiger partial charge >= 0.3 is 5.97 Å². The fourth-order valence-corrected chi connectivity index (χ4v) is 5.71. The van der Waals surface area contributed by atoms with Crippen molar-refractivity contribution in [3.8, 4) is 17.2 Å². The third kappa shape index (κ3) is 5.86. The molecule has 2 heterocycles. The minimum atomic E-state index is -0.468. The van der Waals surface area contributed by atoms with Crippen LogP contribution in [0.15, 0.2) is 29.9 Å². The first-order valence-corrected chi connectivity index (χ1v) is 13.1. The van der Waals surface area contributed by atoms with E-state index in [-0.39, 0.29) is 36.9 Å². The van der Waals surface area contributed by atoms with Crippen LogP contribution in [0.4, 0.5) is 0 Å². The summed E-state index contributed by atoms with van der Waals surface area (Å²) in [5.74, 6) is 0.733. The van der Waals surface area contributed by atoms with Crippen molar-refractivity contribution in [2.45, 2.75) is 69.5 Å². The molecule has 9 nitrogen and oxygen atoms in total. The molecule has 3 fully saturated rings. The lowest BCUT2D eigenvalue weighted by Gasteiger charge is -2.42. The summed E-state index contributed by atoms with van der Waals surface area (Å²) in [6, 6.07) is 3.44. The Labute approximate surface area is 224 Å². The highest BCUT2D eigenvalue weighted by Gasteiger charge is 2.72. The molecule has 1 aromatic rings. The van der Waals surface area contributed by atoms with Crippen LogP contribution >= 0.6 is 0 Å². The molecule has 0 aromatic heterocycles. The molecule has 0 amide bonds. The average Bonchev–Trinajstić information content (AvgIpc) is 3.82. The first-order chi connectivity index (χ1) is 18.2. The van der Waals surface area contributed by atoms with Gasteiger partial charge in [-0.05, 0) is 63.8 Å². The zero-order valence-electron chi connectivity index (χ0n) is 23.2. The molecule has 2 saturated heterocycles. The number of hydrogen-bond donors (Lipinski definition) is 1. The molecule has 1 aromatic carbocycles. The summed E-state index contributed by atoms with van der Waals surface area (Å²) in [5.41, 5.74) is 1.26. The maximum absolute atomic E-state index is 12.9. The molecule has 6 atom stereocenters. The predicted octanol–water partition coefficient (Wildman–Crippen LogP) is 3.71. The number of carbonyl (C=O) groups is 1. The van der Waals surface area contributed by atoms with Gasteiger partial charge in [-0.3, -0.25) is 0 Å². The predicted molar refractivity (Wildman–Crippen MR) is 141 cm³/mol. The van der Waals surface area contributed by atoms with Crippen molar-refractivity contribution in [1.29, 1.82) is 0 Å². The van der Waals surface area contributed by atoms with Crippen LogP contribution in [-0.2, 0) is 23.7 Å². The van der Waals surface area contributed by atoms with E-state index in [0.717, 1.165) is 12.8 Å². The number of allylic oxidation sites excluding steroid dienone is 1. The number of rotatable bonds is 12. The Morgan fingerprint density at radius 1 is 1.18 bits per heavy atom. The third-order valence-corrected chi connectivity index (χ3v) is 7.74. The quantitative estimate of drug-likeness (QED) is 0.187. The smallest absolute Gasteiger partial charge is 0.331 e. The molecule has 1 saturated carbocycles. The fourth-order valence-electron chi connectivity index (χ4n) is 5.71. The van der Waals surface area contributed by atoms with Crippen LogP contribution in [0.1, 0.15) is 45.6 Å². The van der Waals surface area contributed by atoms with E-state index in [1.165, 1.54) is 25.9 Å². The Morgan fingerprint density at radius 3 is 2.42 bits per heavy atom. The molecule has 0 unspecified atom stereocenters. The first-order valence-electron chi connectivity index (χ1n) is 13.1. The monoisotopic (exact) mass is 532 g/mol. The van der Waals surface area contributed by atoms with E-state index >= 15 is 0 Å². The number of epoxide rings is 2. The normalized spacial score (nSPS) is 31.7. The number of aliphatic hydroxyl groups excluding tert-OH is 1. The lowest BCUT2D eigenvalue weighted by molar-refractivity contribution is -0.166. The van der Waals surface area contributed by atoms with E-state index in [4.69, 9.17) is 38.3 Å². The zero-order chi connectivity index (χ0) is 27.5. The summed E-state index contributed by atoms with van der Waals surface area (Å²) in [4.78, 5) is 12.9. The van der Waals surface area contributed by atoms with Crippen LogP contribution in [0, 0.1) is 5.92 Å². The summed E-state index contributed by atoms with van der Waals surface area (Å²) in [6.45, 7) is 6.92. The molecule has 1 N–H and O–H groups in total. The third-order valence-electron chi connectivity index (χ3n) is 7.74. The van der Waals surface area contributed by atoms with Crippen molar-refractivity contribution in [1.82, 2.24) is 0 Å². The number of benzene rings is 1. The van der Waals surface area contributed by atoms with E-state index in [1.807, 2.05) is 0 Å². The maximum Gasteiger partial charge on any atom is 0.331 e. The molecule has 210 valence electrons. The van der Waals surface area contributed by atoms with Crippen molar-refractivity contribution in [2.75, 3.05) is 41.2 Å². The van der Waals surface area contributed by atoms with Gasteiger partial charge in [0.05, 0.1) is 39.5 Å². The number of hydrogen-bond acceptors (Lipinski definition) is 9. The number of methoxy groups -OCH3 is 3. The van der Waals surface area contributed by atoms with Gasteiger partial charge in [-0.25, -0.2) is 4.79 Å². The van der Waals surface area contributed by atoms with Gasteiger partial charge in [0.15, 0.2) is 11.5 Å². The second kappa shape index (κ2) is 11.7. The van der Waals surface area contributed by atoms with Crippen LogP contribution in [0.3, 0.4) is 0 Å². The highest BCUT2D eigenvalue weighted by molar-refractivity contribution is 5.87. The number of esters is 1. The Balaban J connectivity index is 1.46. The Morgan fingerprint density at radius 2 is 1.87 bits per heavy atom. The lowest BCUT2D eigenvalue weighted by atomic mass is 9.68. The molecule has 38 heavy (non-hydrogen) atoms. The lowest BCUT2D eigenvalue weighted by Crippen LogP contribution is -2.55. The van der Waals surface area contributed by atoms with Gasteiger partial charge in [-0.15, -0.1) is 0 Å². The van der Waals surface area contributed by atoms with Crippen LogP contribution in [0.2, 0.25) is 0 Å². The van der Waals surface area contributed by atoms with Gasteiger partial charge in [0.2, 0.25) is 5.75 Å². The molecule has 1 aliphatic carbocycles. The molecule has 0 radical (unpaired) electrons. The fraction of sp³-hybridized carbons (Fsp3) is 0.621. The van der Waals surface area contributed by atoms with Crippen molar-refractivity contribution >= 4 is 12.0 Å². The molecule has 9 heteroatoms. The molecule has 0 bridgehead atoms. The second-order valence-electron chi connectivity index (χ2n) is 10.5. The van der Waals surface area contributed by atoms with Gasteiger partial charge in [-0.2, -0.15) is 0 Å². The SMILES string of the molecule is COc1cc(/C=C/C(=O)O[C@@H]2CC[C@]3(CO3)[C@@H]([C@]3(C)O[C@H]3CC=C(C)C)[C@@H]2OC)cc(OC)c1OCCO. The van der Waals surface area contributed by atoms with Gasteiger partial charge in [-0.1, -0.05) is 11.6 Å². The summed E-state index contributed by atoms with van der Waals surface area (Å²) < 4.78 is 40.5. The maximum atomic E-state index is 12.9. The van der Waals surface area contributed by atoms with E-state index in [9.17, 15) is 4.79 Å². The molecular formula is C29H40O9. The van der Waals surface area contributed by atoms with Gasteiger partial charge in [0.1, 0.15) is 30.0 Å². The van der Waals surface area contributed by atoms with E-state index in [1.54, 1.807) is 25.3 Å². The summed E-state index contributed by atoms with van der Waals surface area (Å²) in [7, 11) is 4.68. The molecule has 3 aliphatic rings. The number of ether oxygens (including phenoxy) is 7. The number of carbonyl (C=O) groups excluding carboxylic acids is 1. The summed E-state index contributed by atoms with van der Waals surface area (Å²) in [6.07, 6.45) is 6.83. The van der Waals surface area contributed by atoms with Crippen LogP contribution in [0.25, 0.3) is 6.08 Å². The van der Waals surface area contributed by atoms with E-state index in [2.05, 4.69) is 26.8 Å². The summed E-state index contributed by atoms with van der Waals surface area (Å²) in [5, 5.41) is 9.08. The zero-order valence-corrected chi connectivity index (χ0v) is 23.2. The van der Waals surface area contributed by atoms with Gasteiger partial charge in [0, 0.05) is 13.2 Å². The minimum Gasteiger partial charge on any atom is -0.493 e. The molecule has 4 rings (SSSR count). The highest BCUT2D eigenvalue weighted by atomic mass is 16.6. The first kappa shape index (κ1) is 28.4. The average molecular weight is 533 g/mol. The Kier molecular flexibility index (Phi) is 8.72. The minimum absolute atomic E-state index is 0.0360. The Hall–Kier alpha value is -2.59. The topological polar surface area (TPSA) is 109 Å². The van der Waals surface area contributed by atoms with Crippen LogP contribution in [0.5, 0.6) is 17.2 Å². The summed E-state index contributed by atoms with van der Waals surface area (Å²) >= 11 is 0. The van der Waals surface area contributed by atoms with E-state index in [0.29, 0.717) is 35.8 Å². The Bertz CT molecular complexity index is 1030. The van der Waals surface area contributed by atoms with Crippen LogP contribution in [-0.4, -0.2) is 81.7 Å². The van der Waals surface area contributed by atoms with Crippen LogP contribution < -0.4 is 14.2 Å². The molecule has 2 aliphatic heterocycles. The van der Waals surface area contributed by atoms with Crippen molar-refractivity contribution in [3.63, 3.8) is 0 Å². The molecule has 1 spiro atoms. The van der Waals surface area contributed by atoms with Gasteiger partial charge in [0.25, 0.3) is 0 Å². The van der Waals surface area contributed by atoms with Crippen molar-refractivity contribution in [3.05, 3.63) is 35.4 Å². The standard InChI is InChI=1S/C29H40O9/c1-18(2)7-9-23-28(3,38-23)27-26(34-6)20(11-12-29(27)17-36-29)37-24(31)10-8-19-15-21(32-4)25(35-14-13-30)22(16-19)33-5/h7-8,10,15-16,20,23,26-27,30H,9,11-14,17H2,1-6H3/b10-8+/t20-,23+,26-,27-,28-,29+/m1/s1. The highest BCUT2D eigenvalue weighted by Crippen LogP contribution is 2.59. The van der Waals surface area contributed by atoms with E-state index < -0.39 is 17.7 Å². The molecular weight excluding hydrogens is 492 g/mol. The van der Waals surface area contributed by atoms with Crippen molar-refractivity contribution < 1.29 is 43.1 Å².